The van der Waals surface area contributed by atoms with Crippen molar-refractivity contribution in [2.24, 2.45) is 0 Å². The predicted molar refractivity (Wildman–Crippen MR) is 84.7 cm³/mol. The van der Waals surface area contributed by atoms with Gasteiger partial charge in [-0.2, -0.15) is 0 Å². The summed E-state index contributed by atoms with van der Waals surface area (Å²) in [6, 6.07) is 0. The molecule has 0 fully saturated rings. The largest absolute Gasteiger partial charge is 2.00 e. The van der Waals surface area contributed by atoms with Gasteiger partial charge in [-0.25, -0.2) is 0 Å². The van der Waals surface area contributed by atoms with Gasteiger partial charge in [0.25, 0.3) is 0 Å². The Morgan fingerprint density at radius 2 is 1.14 bits per heavy atom. The molecule has 2 aliphatic heterocycles. The molecule has 4 aliphatic rings. The van der Waals surface area contributed by atoms with Crippen molar-refractivity contribution in [3.63, 3.8) is 0 Å². The molecule has 0 bridgehead atoms. The van der Waals surface area contributed by atoms with Gasteiger partial charge in [0.2, 0.25) is 0 Å². The van der Waals surface area contributed by atoms with Gasteiger partial charge in [0.05, 0.1) is 0 Å². The van der Waals surface area contributed by atoms with Crippen molar-refractivity contribution in [1.82, 2.24) is 0 Å². The minimum Gasteiger partial charge on any atom is -1.00 e. The maximum absolute atomic E-state index is 2.31. The molecule has 0 radical (unpaired) electrons. The van der Waals surface area contributed by atoms with E-state index in [9.17, 15) is 0 Å². The topological polar surface area (TPSA) is 0 Å². The van der Waals surface area contributed by atoms with Crippen LogP contribution >= 0.6 is 23.5 Å². The summed E-state index contributed by atoms with van der Waals surface area (Å²) >= 11 is 3.88. The maximum Gasteiger partial charge on any atom is 2.00 e. The van der Waals surface area contributed by atoms with E-state index in [0.29, 0.717) is 10.5 Å². The Labute approximate surface area is 167 Å². The third-order valence-corrected chi connectivity index (χ3v) is 5.34. The molecule has 2 unspecified atom stereocenters. The average molecular weight is 435 g/mol. The van der Waals surface area contributed by atoms with Gasteiger partial charge < -0.3 is 24.8 Å². The number of rotatable bonds is 0. The third-order valence-electron chi connectivity index (χ3n) is 3.07. The van der Waals surface area contributed by atoms with Crippen LogP contribution in [0, 0.1) is 0 Å². The van der Waals surface area contributed by atoms with E-state index in [0.717, 1.165) is 0 Å². The zero-order chi connectivity index (χ0) is 12.5. The first kappa shape index (κ1) is 21.6. The van der Waals surface area contributed by atoms with Crippen LogP contribution in [0.1, 0.15) is 13.8 Å². The number of allylic oxidation sites excluding steroid dienone is 8. The van der Waals surface area contributed by atoms with Gasteiger partial charge in [0.1, 0.15) is 0 Å². The van der Waals surface area contributed by atoms with Crippen molar-refractivity contribution in [3.8, 4) is 0 Å². The van der Waals surface area contributed by atoms with Gasteiger partial charge in [-0.3, -0.25) is 0 Å². The van der Waals surface area contributed by atoms with Crippen molar-refractivity contribution in [2.75, 3.05) is 0 Å². The molecule has 0 spiro atoms. The molecule has 110 valence electrons. The maximum atomic E-state index is 2.31. The first-order chi connectivity index (χ1) is 8.72. The van der Waals surface area contributed by atoms with E-state index in [1.807, 2.05) is 23.5 Å². The molecule has 0 N–H and O–H groups in total. The molecular weight excluding hydrogens is 418 g/mol. The van der Waals surface area contributed by atoms with Crippen LogP contribution in [0.15, 0.2) is 69.6 Å². The summed E-state index contributed by atoms with van der Waals surface area (Å²) in [5.74, 6) is 0. The van der Waals surface area contributed by atoms with Crippen molar-refractivity contribution in [2.45, 2.75) is 24.3 Å². The fourth-order valence-electron chi connectivity index (χ4n) is 2.30. The quantitative estimate of drug-likeness (QED) is 0.480. The molecule has 21 heavy (non-hydrogen) atoms. The average Bonchev–Trinajstić information content (AvgIpc) is 2.97. The fraction of sp³-hybridized carbons (Fsp3) is 0.250. The second-order valence-electron chi connectivity index (χ2n) is 4.67. The normalized spacial score (nSPS) is 25.8. The molecule has 5 heteroatoms. The molecule has 0 amide bonds. The van der Waals surface area contributed by atoms with Crippen LogP contribution in [0.25, 0.3) is 0 Å². The Balaban J connectivity index is 0.000000333. The second-order valence-corrected chi connectivity index (χ2v) is 7.51. The van der Waals surface area contributed by atoms with E-state index in [1.54, 1.807) is 0 Å². The molecule has 0 aromatic rings. The van der Waals surface area contributed by atoms with E-state index in [-0.39, 0.29) is 51.0 Å². The van der Waals surface area contributed by atoms with Crippen LogP contribution in [0.3, 0.4) is 0 Å². The van der Waals surface area contributed by atoms with Gasteiger partial charge in [0.15, 0.2) is 0 Å². The SMILES string of the molecule is CC1C=C2C=CC=C2S1.CC1C=C2C=CC=C2S1.[Cl-].[Cl-].[Zr+2]. The monoisotopic (exact) mass is 432 g/mol. The Bertz CT molecular complexity index is 507. The molecule has 2 atom stereocenters. The summed E-state index contributed by atoms with van der Waals surface area (Å²) in [4.78, 5) is 2.89. The van der Waals surface area contributed by atoms with Crippen molar-refractivity contribution in [3.05, 3.63) is 69.6 Å². The van der Waals surface area contributed by atoms with E-state index < -0.39 is 0 Å². The molecule has 0 saturated heterocycles. The molecule has 2 aliphatic carbocycles. The Morgan fingerprint density at radius 1 is 0.762 bits per heavy atom. The summed E-state index contributed by atoms with van der Waals surface area (Å²) in [5, 5.41) is 1.38. The van der Waals surface area contributed by atoms with Crippen LogP contribution in [-0.4, -0.2) is 10.5 Å². The first-order valence-electron chi connectivity index (χ1n) is 6.27. The summed E-state index contributed by atoms with van der Waals surface area (Å²) in [6.07, 6.45) is 17.5. The van der Waals surface area contributed by atoms with E-state index in [4.69, 9.17) is 0 Å². The van der Waals surface area contributed by atoms with Crippen molar-refractivity contribution >= 4 is 23.5 Å². The molecule has 4 rings (SSSR count). The van der Waals surface area contributed by atoms with Crippen LogP contribution in [0.2, 0.25) is 0 Å². The minimum atomic E-state index is 0. The van der Waals surface area contributed by atoms with Crippen LogP contribution in [0.4, 0.5) is 0 Å². The van der Waals surface area contributed by atoms with Crippen LogP contribution < -0.4 is 24.8 Å². The second kappa shape index (κ2) is 9.68. The Morgan fingerprint density at radius 3 is 1.48 bits per heavy atom. The summed E-state index contributed by atoms with van der Waals surface area (Å²) in [6.45, 7) is 4.45. The van der Waals surface area contributed by atoms with Gasteiger partial charge >= 0.3 is 26.2 Å². The van der Waals surface area contributed by atoms with E-state index in [2.05, 4.69) is 62.5 Å². The molecular formula is C16H16Cl2S2Zr. The van der Waals surface area contributed by atoms with Crippen LogP contribution in [0.5, 0.6) is 0 Å². The minimum absolute atomic E-state index is 0. The standard InChI is InChI=1S/2C8H8S.2ClH.Zr/c2*1-6-5-7-3-2-4-8(7)9-6;;;/h2*2-6H,1H3;2*1H;/q;;;;+2/p-2. The van der Waals surface area contributed by atoms with E-state index >= 15 is 0 Å². The summed E-state index contributed by atoms with van der Waals surface area (Å²) < 4.78 is 0. The summed E-state index contributed by atoms with van der Waals surface area (Å²) in [7, 11) is 0. The van der Waals surface area contributed by atoms with E-state index in [1.165, 1.54) is 21.0 Å². The van der Waals surface area contributed by atoms with Gasteiger partial charge in [-0.1, -0.05) is 36.5 Å². The molecule has 0 aromatic carbocycles. The van der Waals surface area contributed by atoms with Crippen molar-refractivity contribution < 1.29 is 51.0 Å². The number of thioether (sulfide) groups is 2. The van der Waals surface area contributed by atoms with Gasteiger partial charge in [-0.05, 0) is 37.1 Å². The molecule has 2 heterocycles. The van der Waals surface area contributed by atoms with Gasteiger partial charge in [-0.15, -0.1) is 23.5 Å². The molecule has 0 aromatic heterocycles. The van der Waals surface area contributed by atoms with Gasteiger partial charge in [0, 0.05) is 20.3 Å². The Hall–Kier alpha value is 0.603. The molecule has 0 nitrogen and oxygen atoms in total. The van der Waals surface area contributed by atoms with Crippen LogP contribution in [-0.2, 0) is 26.2 Å². The first-order valence-corrected chi connectivity index (χ1v) is 8.03. The number of hydrogen-bond donors (Lipinski definition) is 0. The van der Waals surface area contributed by atoms with Crippen molar-refractivity contribution in [1.29, 1.82) is 0 Å². The number of fused-ring (bicyclic) bond motifs is 2. The Kier molecular flexibility index (Phi) is 9.96. The predicted octanol–water partition coefficient (Wildman–Crippen LogP) is -0.991. The molecule has 0 saturated carbocycles. The number of hydrogen-bond acceptors (Lipinski definition) is 2. The smallest absolute Gasteiger partial charge is 1.00 e. The third kappa shape index (κ3) is 5.32. The fourth-order valence-corrected chi connectivity index (χ4v) is 4.39. The zero-order valence-electron chi connectivity index (χ0n) is 11.8. The zero-order valence-corrected chi connectivity index (χ0v) is 17.4. The number of halogens is 2. The summed E-state index contributed by atoms with van der Waals surface area (Å²) in [5.41, 5.74) is 2.85.